The number of hydrogen-bond donors (Lipinski definition) is 2. The van der Waals surface area contributed by atoms with Crippen molar-refractivity contribution in [3.63, 3.8) is 0 Å². The van der Waals surface area contributed by atoms with Crippen LogP contribution in [0.2, 0.25) is 0 Å². The minimum absolute atomic E-state index is 0.273. The molecule has 0 aliphatic carbocycles. The van der Waals surface area contributed by atoms with Crippen LogP contribution in [0.3, 0.4) is 0 Å². The highest BCUT2D eigenvalue weighted by Gasteiger charge is 2.29. The van der Waals surface area contributed by atoms with Gasteiger partial charge in [-0.1, -0.05) is 19.0 Å². The molecule has 0 bridgehead atoms. The molecule has 0 fully saturated rings. The van der Waals surface area contributed by atoms with E-state index in [1.54, 1.807) is 0 Å². The van der Waals surface area contributed by atoms with E-state index in [1.807, 2.05) is 26.8 Å². The first-order chi connectivity index (χ1) is 13.3. The van der Waals surface area contributed by atoms with E-state index in [2.05, 4.69) is 20.8 Å². The third kappa shape index (κ3) is 6.79. The molecule has 0 unspecified atom stereocenters. The molecule has 0 spiro atoms. The van der Waals surface area contributed by atoms with Gasteiger partial charge in [0.2, 0.25) is 0 Å². The molecule has 2 rings (SSSR count). The molecule has 154 valence electrons. The molecule has 0 atom stereocenters. The number of rotatable bonds is 8. The molecule has 0 aliphatic heterocycles. The van der Waals surface area contributed by atoms with Crippen LogP contribution in [0.5, 0.6) is 5.75 Å². The number of aliphatic imine (C=N–C) groups is 1. The summed E-state index contributed by atoms with van der Waals surface area (Å²) in [6.07, 6.45) is -4.35. The van der Waals surface area contributed by atoms with Gasteiger partial charge in [0.25, 0.3) is 0 Å². The zero-order valence-corrected chi connectivity index (χ0v) is 16.1. The van der Waals surface area contributed by atoms with Crippen molar-refractivity contribution in [3.05, 3.63) is 47.3 Å². The average Bonchev–Trinajstić information content (AvgIpc) is 3.12. The standard InChI is InChI=1S/C19H25F3N4O2/c1-4-23-18(25-12-16-11-17(13(2)3)26-28-16)24-9-10-27-15-7-5-14(6-8-15)19(20,21)22/h5-8,11,13H,4,9-10,12H2,1-3H3,(H2,23,24,25). The second kappa shape index (κ2) is 10.0. The van der Waals surface area contributed by atoms with E-state index in [-0.39, 0.29) is 12.5 Å². The highest BCUT2D eigenvalue weighted by molar-refractivity contribution is 5.79. The first-order valence-corrected chi connectivity index (χ1v) is 9.07. The zero-order valence-electron chi connectivity index (χ0n) is 16.1. The van der Waals surface area contributed by atoms with Crippen molar-refractivity contribution >= 4 is 5.96 Å². The third-order valence-electron chi connectivity index (χ3n) is 3.75. The number of hydrogen-bond acceptors (Lipinski definition) is 4. The van der Waals surface area contributed by atoms with E-state index < -0.39 is 11.7 Å². The molecule has 0 saturated heterocycles. The van der Waals surface area contributed by atoms with Crippen LogP contribution >= 0.6 is 0 Å². The van der Waals surface area contributed by atoms with Crippen LogP contribution in [-0.2, 0) is 12.7 Å². The van der Waals surface area contributed by atoms with Crippen molar-refractivity contribution in [2.45, 2.75) is 39.4 Å². The van der Waals surface area contributed by atoms with Gasteiger partial charge in [-0.15, -0.1) is 0 Å². The first kappa shape index (κ1) is 21.6. The van der Waals surface area contributed by atoms with Gasteiger partial charge >= 0.3 is 6.18 Å². The molecule has 28 heavy (non-hydrogen) atoms. The molecule has 2 aromatic rings. The third-order valence-corrected chi connectivity index (χ3v) is 3.75. The molecule has 9 heteroatoms. The molecular formula is C19H25F3N4O2. The van der Waals surface area contributed by atoms with Crippen LogP contribution < -0.4 is 15.4 Å². The van der Waals surface area contributed by atoms with Gasteiger partial charge in [-0.05, 0) is 37.1 Å². The lowest BCUT2D eigenvalue weighted by Gasteiger charge is -2.12. The van der Waals surface area contributed by atoms with Gasteiger partial charge in [-0.2, -0.15) is 13.2 Å². The molecule has 2 N–H and O–H groups in total. The smallest absolute Gasteiger partial charge is 0.416 e. The summed E-state index contributed by atoms with van der Waals surface area (Å²) in [5.41, 5.74) is 0.181. The van der Waals surface area contributed by atoms with E-state index >= 15 is 0 Å². The number of guanidine groups is 1. The molecule has 6 nitrogen and oxygen atoms in total. The van der Waals surface area contributed by atoms with Crippen molar-refractivity contribution in [1.29, 1.82) is 0 Å². The maximum absolute atomic E-state index is 12.5. The lowest BCUT2D eigenvalue weighted by atomic mass is 10.1. The van der Waals surface area contributed by atoms with Crippen LogP contribution in [-0.4, -0.2) is 30.8 Å². The topological polar surface area (TPSA) is 71.7 Å². The fourth-order valence-electron chi connectivity index (χ4n) is 2.25. The van der Waals surface area contributed by atoms with Gasteiger partial charge in [0.15, 0.2) is 11.7 Å². The number of aromatic nitrogens is 1. The van der Waals surface area contributed by atoms with Crippen LogP contribution in [0.25, 0.3) is 0 Å². The minimum Gasteiger partial charge on any atom is -0.492 e. The molecule has 1 heterocycles. The van der Waals surface area contributed by atoms with Crippen molar-refractivity contribution in [2.24, 2.45) is 4.99 Å². The lowest BCUT2D eigenvalue weighted by Crippen LogP contribution is -2.39. The van der Waals surface area contributed by atoms with Gasteiger partial charge < -0.3 is 19.9 Å². The van der Waals surface area contributed by atoms with Crippen LogP contribution in [0.4, 0.5) is 13.2 Å². The van der Waals surface area contributed by atoms with E-state index in [9.17, 15) is 13.2 Å². The predicted octanol–water partition coefficient (Wildman–Crippen LogP) is 3.95. The molecule has 1 aromatic carbocycles. The summed E-state index contributed by atoms with van der Waals surface area (Å²) in [5.74, 6) is 1.91. The van der Waals surface area contributed by atoms with Gasteiger partial charge in [-0.3, -0.25) is 0 Å². The van der Waals surface area contributed by atoms with E-state index in [0.29, 0.717) is 37.1 Å². The highest BCUT2D eigenvalue weighted by atomic mass is 19.4. The quantitative estimate of drug-likeness (QED) is 0.400. The number of nitrogens with one attached hydrogen (secondary N) is 2. The van der Waals surface area contributed by atoms with Gasteiger partial charge in [-0.25, -0.2) is 4.99 Å². The van der Waals surface area contributed by atoms with Crippen molar-refractivity contribution in [3.8, 4) is 5.75 Å². The first-order valence-electron chi connectivity index (χ1n) is 9.07. The molecule has 0 saturated carbocycles. The summed E-state index contributed by atoms with van der Waals surface area (Å²) in [6.45, 7) is 7.74. The second-order valence-corrected chi connectivity index (χ2v) is 6.37. The maximum Gasteiger partial charge on any atom is 0.416 e. The van der Waals surface area contributed by atoms with E-state index in [0.717, 1.165) is 17.8 Å². The van der Waals surface area contributed by atoms with Gasteiger partial charge in [0.05, 0.1) is 17.8 Å². The Balaban J connectivity index is 1.80. The monoisotopic (exact) mass is 398 g/mol. The molecule has 0 amide bonds. The van der Waals surface area contributed by atoms with E-state index in [4.69, 9.17) is 9.26 Å². The summed E-state index contributed by atoms with van der Waals surface area (Å²) in [7, 11) is 0. The number of alkyl halides is 3. The van der Waals surface area contributed by atoms with Gasteiger partial charge in [0.1, 0.15) is 18.9 Å². The Bertz CT molecular complexity index is 755. The molecular weight excluding hydrogens is 373 g/mol. The summed E-state index contributed by atoms with van der Waals surface area (Å²) < 4.78 is 48.3. The van der Waals surface area contributed by atoms with Crippen molar-refractivity contribution in [1.82, 2.24) is 15.8 Å². The summed E-state index contributed by atoms with van der Waals surface area (Å²) in [4.78, 5) is 4.42. The second-order valence-electron chi connectivity index (χ2n) is 6.37. The molecule has 1 aromatic heterocycles. The Hall–Kier alpha value is -2.71. The highest BCUT2D eigenvalue weighted by Crippen LogP contribution is 2.30. The fraction of sp³-hybridized carbons (Fsp3) is 0.474. The number of halogens is 3. The predicted molar refractivity (Wildman–Crippen MR) is 100 cm³/mol. The Morgan fingerprint density at radius 2 is 1.93 bits per heavy atom. The van der Waals surface area contributed by atoms with E-state index in [1.165, 1.54) is 12.1 Å². The van der Waals surface area contributed by atoms with Crippen molar-refractivity contribution in [2.75, 3.05) is 19.7 Å². The summed E-state index contributed by atoms with van der Waals surface area (Å²) in [5, 5.41) is 10.2. The number of nitrogens with zero attached hydrogens (tertiary/aromatic N) is 2. The molecule has 0 radical (unpaired) electrons. The Kier molecular flexibility index (Phi) is 7.71. The maximum atomic E-state index is 12.5. The van der Waals surface area contributed by atoms with Crippen LogP contribution in [0, 0.1) is 0 Å². The summed E-state index contributed by atoms with van der Waals surface area (Å²) >= 11 is 0. The Labute approximate surface area is 162 Å². The SMILES string of the molecule is CCNC(=NCc1cc(C(C)C)no1)NCCOc1ccc(C(F)(F)F)cc1. The zero-order chi connectivity index (χ0) is 20.6. The normalized spacial score (nSPS) is 12.3. The summed E-state index contributed by atoms with van der Waals surface area (Å²) in [6, 6.07) is 6.48. The Morgan fingerprint density at radius 3 is 2.50 bits per heavy atom. The number of ether oxygens (including phenoxy) is 1. The molecule has 0 aliphatic rings. The van der Waals surface area contributed by atoms with Crippen molar-refractivity contribution < 1.29 is 22.4 Å². The fourth-order valence-corrected chi connectivity index (χ4v) is 2.25. The van der Waals surface area contributed by atoms with Crippen LogP contribution in [0.15, 0.2) is 39.8 Å². The lowest BCUT2D eigenvalue weighted by molar-refractivity contribution is -0.137. The minimum atomic E-state index is -4.35. The van der Waals surface area contributed by atoms with Crippen LogP contribution in [0.1, 0.15) is 43.7 Å². The largest absolute Gasteiger partial charge is 0.492 e. The Morgan fingerprint density at radius 1 is 1.21 bits per heavy atom. The average molecular weight is 398 g/mol. The van der Waals surface area contributed by atoms with Gasteiger partial charge in [0, 0.05) is 12.6 Å². The number of benzene rings is 1.